The van der Waals surface area contributed by atoms with Crippen LogP contribution in [0.1, 0.15) is 43.9 Å². The number of thiophene rings is 1. The predicted molar refractivity (Wildman–Crippen MR) is 96.5 cm³/mol. The molecule has 0 aliphatic heterocycles. The third-order valence-corrected chi connectivity index (χ3v) is 5.62. The van der Waals surface area contributed by atoms with Crippen molar-refractivity contribution in [1.82, 2.24) is 15.5 Å². The second kappa shape index (κ2) is 9.39. The SMILES string of the molecule is CCN(CC(=O)NC(=O)NC1CCCCC1)Cc1ccc(Br)s1. The Morgan fingerprint density at radius 3 is 2.65 bits per heavy atom. The topological polar surface area (TPSA) is 61.4 Å². The molecule has 0 aromatic carbocycles. The summed E-state index contributed by atoms with van der Waals surface area (Å²) >= 11 is 5.10. The van der Waals surface area contributed by atoms with Crippen LogP contribution in [0.25, 0.3) is 0 Å². The number of nitrogens with one attached hydrogen (secondary N) is 2. The minimum absolute atomic E-state index is 0.210. The van der Waals surface area contributed by atoms with Crippen LogP contribution in [0.15, 0.2) is 15.9 Å². The molecule has 1 aromatic heterocycles. The van der Waals surface area contributed by atoms with Crippen LogP contribution in [0.3, 0.4) is 0 Å². The number of hydrogen-bond acceptors (Lipinski definition) is 4. The van der Waals surface area contributed by atoms with Crippen molar-refractivity contribution in [2.75, 3.05) is 13.1 Å². The second-order valence-electron chi connectivity index (χ2n) is 5.87. The molecule has 1 heterocycles. The zero-order chi connectivity index (χ0) is 16.7. The third-order valence-electron chi connectivity index (χ3n) is 4.02. The highest BCUT2D eigenvalue weighted by molar-refractivity contribution is 9.11. The van der Waals surface area contributed by atoms with Gasteiger partial charge in [0.15, 0.2) is 0 Å². The first kappa shape index (κ1) is 18.4. The van der Waals surface area contributed by atoms with Gasteiger partial charge < -0.3 is 5.32 Å². The zero-order valence-corrected chi connectivity index (χ0v) is 15.8. The summed E-state index contributed by atoms with van der Waals surface area (Å²) in [7, 11) is 0. The lowest BCUT2D eigenvalue weighted by Crippen LogP contribution is -2.47. The fourth-order valence-corrected chi connectivity index (χ4v) is 4.30. The second-order valence-corrected chi connectivity index (χ2v) is 8.41. The van der Waals surface area contributed by atoms with Gasteiger partial charge in [-0.05, 0) is 47.4 Å². The Morgan fingerprint density at radius 2 is 2.04 bits per heavy atom. The normalized spacial score (nSPS) is 15.6. The van der Waals surface area contributed by atoms with Gasteiger partial charge in [-0.3, -0.25) is 15.0 Å². The van der Waals surface area contributed by atoms with Crippen molar-refractivity contribution in [3.63, 3.8) is 0 Å². The van der Waals surface area contributed by atoms with Crippen LogP contribution >= 0.6 is 27.3 Å². The first-order valence-corrected chi connectivity index (χ1v) is 9.74. The Kier molecular flexibility index (Phi) is 7.52. The highest BCUT2D eigenvalue weighted by atomic mass is 79.9. The number of halogens is 1. The largest absolute Gasteiger partial charge is 0.335 e. The smallest absolute Gasteiger partial charge is 0.321 e. The number of carbonyl (C=O) groups excluding carboxylic acids is 2. The number of rotatable bonds is 6. The molecule has 0 spiro atoms. The molecular weight excluding hydrogens is 378 g/mol. The Balaban J connectivity index is 1.74. The monoisotopic (exact) mass is 401 g/mol. The van der Waals surface area contributed by atoms with Crippen LogP contribution in [0.2, 0.25) is 0 Å². The van der Waals surface area contributed by atoms with Gasteiger partial charge in [0.05, 0.1) is 10.3 Å². The Morgan fingerprint density at radius 1 is 1.30 bits per heavy atom. The molecule has 0 bridgehead atoms. The van der Waals surface area contributed by atoms with Crippen molar-refractivity contribution in [3.05, 3.63) is 20.8 Å². The molecule has 1 saturated carbocycles. The van der Waals surface area contributed by atoms with Gasteiger partial charge >= 0.3 is 6.03 Å². The van der Waals surface area contributed by atoms with Gasteiger partial charge in [-0.2, -0.15) is 0 Å². The number of imide groups is 1. The lowest BCUT2D eigenvalue weighted by molar-refractivity contribution is -0.121. The van der Waals surface area contributed by atoms with E-state index in [1.807, 2.05) is 24.0 Å². The molecule has 23 heavy (non-hydrogen) atoms. The standard InChI is InChI=1S/C16H24BrN3O2S/c1-2-20(10-13-8-9-14(17)23-13)11-15(21)19-16(22)18-12-6-4-3-5-7-12/h8-9,12H,2-7,10-11H2,1H3,(H2,18,19,21,22). The molecule has 0 unspecified atom stereocenters. The number of carbonyl (C=O) groups is 2. The molecule has 0 atom stereocenters. The van der Waals surface area contributed by atoms with Crippen LogP contribution in [0.4, 0.5) is 4.79 Å². The molecule has 2 N–H and O–H groups in total. The zero-order valence-electron chi connectivity index (χ0n) is 13.4. The molecule has 0 radical (unpaired) electrons. The Bertz CT molecular complexity index is 529. The summed E-state index contributed by atoms with van der Waals surface area (Å²) in [5.74, 6) is -0.254. The van der Waals surface area contributed by atoms with E-state index in [2.05, 4.69) is 26.6 Å². The molecule has 1 aromatic rings. The van der Waals surface area contributed by atoms with Crippen molar-refractivity contribution >= 4 is 39.2 Å². The highest BCUT2D eigenvalue weighted by Gasteiger charge is 2.18. The summed E-state index contributed by atoms with van der Waals surface area (Å²) in [6.45, 7) is 3.71. The lowest BCUT2D eigenvalue weighted by Gasteiger charge is -2.23. The summed E-state index contributed by atoms with van der Waals surface area (Å²) in [5, 5.41) is 5.35. The number of hydrogen-bond donors (Lipinski definition) is 2. The Labute approximate surface area is 149 Å². The van der Waals surface area contributed by atoms with E-state index in [0.29, 0.717) is 6.54 Å². The van der Waals surface area contributed by atoms with E-state index in [1.165, 1.54) is 11.3 Å². The molecule has 3 amide bonds. The van der Waals surface area contributed by atoms with E-state index in [4.69, 9.17) is 0 Å². The van der Waals surface area contributed by atoms with Crippen LogP contribution < -0.4 is 10.6 Å². The van der Waals surface area contributed by atoms with E-state index >= 15 is 0 Å². The highest BCUT2D eigenvalue weighted by Crippen LogP contribution is 2.23. The molecular formula is C16H24BrN3O2S. The van der Waals surface area contributed by atoms with Crippen molar-refractivity contribution in [2.24, 2.45) is 0 Å². The van der Waals surface area contributed by atoms with Crippen molar-refractivity contribution in [3.8, 4) is 0 Å². The molecule has 0 saturated heterocycles. The Hall–Kier alpha value is -0.920. The van der Waals surface area contributed by atoms with Crippen molar-refractivity contribution in [2.45, 2.75) is 51.6 Å². The van der Waals surface area contributed by atoms with E-state index in [1.54, 1.807) is 11.3 Å². The van der Waals surface area contributed by atoms with Crippen molar-refractivity contribution in [1.29, 1.82) is 0 Å². The minimum atomic E-state index is -0.364. The predicted octanol–water partition coefficient (Wildman–Crippen LogP) is 3.49. The number of amides is 3. The van der Waals surface area contributed by atoms with Gasteiger partial charge in [0.1, 0.15) is 0 Å². The van der Waals surface area contributed by atoms with Crippen LogP contribution in [-0.4, -0.2) is 36.0 Å². The van der Waals surface area contributed by atoms with Gasteiger partial charge in [0, 0.05) is 17.5 Å². The summed E-state index contributed by atoms with van der Waals surface area (Å²) in [6, 6.07) is 3.90. The summed E-state index contributed by atoms with van der Waals surface area (Å²) in [6.07, 6.45) is 5.56. The van der Waals surface area contributed by atoms with E-state index < -0.39 is 0 Å². The molecule has 128 valence electrons. The summed E-state index contributed by atoms with van der Waals surface area (Å²) < 4.78 is 1.08. The quantitative estimate of drug-likeness (QED) is 0.766. The minimum Gasteiger partial charge on any atom is -0.335 e. The molecule has 5 nitrogen and oxygen atoms in total. The fourth-order valence-electron chi connectivity index (χ4n) is 2.77. The third kappa shape index (κ3) is 6.61. The van der Waals surface area contributed by atoms with Gasteiger partial charge in [0.2, 0.25) is 5.91 Å². The molecule has 1 aliphatic rings. The molecule has 7 heteroatoms. The van der Waals surface area contributed by atoms with Crippen LogP contribution in [-0.2, 0) is 11.3 Å². The average molecular weight is 402 g/mol. The van der Waals surface area contributed by atoms with Crippen LogP contribution in [0.5, 0.6) is 0 Å². The molecule has 1 fully saturated rings. The van der Waals surface area contributed by atoms with Crippen LogP contribution in [0, 0.1) is 0 Å². The molecule has 1 aliphatic carbocycles. The maximum atomic E-state index is 12.0. The van der Waals surface area contributed by atoms with E-state index in [0.717, 1.165) is 36.0 Å². The first-order valence-electron chi connectivity index (χ1n) is 8.13. The maximum Gasteiger partial charge on any atom is 0.321 e. The first-order chi connectivity index (χ1) is 11.1. The molecule has 2 rings (SSSR count). The summed E-state index contributed by atoms with van der Waals surface area (Å²) in [4.78, 5) is 27.1. The van der Waals surface area contributed by atoms with Crippen molar-refractivity contribution < 1.29 is 9.59 Å². The van der Waals surface area contributed by atoms with E-state index in [-0.39, 0.29) is 24.5 Å². The number of urea groups is 1. The van der Waals surface area contributed by atoms with Gasteiger partial charge in [-0.15, -0.1) is 11.3 Å². The van der Waals surface area contributed by atoms with Gasteiger partial charge in [-0.1, -0.05) is 26.2 Å². The van der Waals surface area contributed by atoms with Gasteiger partial charge in [-0.25, -0.2) is 4.79 Å². The lowest BCUT2D eigenvalue weighted by atomic mass is 9.96. The van der Waals surface area contributed by atoms with E-state index in [9.17, 15) is 9.59 Å². The number of likely N-dealkylation sites (N-methyl/N-ethyl adjacent to an activating group) is 1. The fraction of sp³-hybridized carbons (Fsp3) is 0.625. The van der Waals surface area contributed by atoms with Gasteiger partial charge in [0.25, 0.3) is 0 Å². The number of nitrogens with zero attached hydrogens (tertiary/aromatic N) is 1. The average Bonchev–Trinajstić information content (AvgIpc) is 2.92. The summed E-state index contributed by atoms with van der Waals surface area (Å²) in [5.41, 5.74) is 0. The maximum absolute atomic E-state index is 12.0.